The summed E-state index contributed by atoms with van der Waals surface area (Å²) in [6.45, 7) is 0. The zero-order valence-corrected chi connectivity index (χ0v) is 7.44. The summed E-state index contributed by atoms with van der Waals surface area (Å²) in [5.41, 5.74) is -0.285. The van der Waals surface area contributed by atoms with Gasteiger partial charge < -0.3 is 0 Å². The Labute approximate surface area is 83.1 Å². The van der Waals surface area contributed by atoms with Crippen LogP contribution in [-0.2, 0) is 0 Å². The molecule has 0 aliphatic carbocycles. The SMILES string of the molecule is Fc1ccc(-n2ccnn2)cc1C(F)F. The highest BCUT2D eigenvalue weighted by Gasteiger charge is 2.14. The first kappa shape index (κ1) is 9.70. The van der Waals surface area contributed by atoms with Crippen LogP contribution in [0.2, 0.25) is 0 Å². The van der Waals surface area contributed by atoms with E-state index in [9.17, 15) is 13.2 Å². The third-order valence-corrected chi connectivity index (χ3v) is 1.90. The Morgan fingerprint density at radius 3 is 2.67 bits per heavy atom. The van der Waals surface area contributed by atoms with E-state index < -0.39 is 17.8 Å². The lowest BCUT2D eigenvalue weighted by atomic mass is 10.2. The maximum atomic E-state index is 12.9. The quantitative estimate of drug-likeness (QED) is 0.766. The van der Waals surface area contributed by atoms with E-state index in [1.165, 1.54) is 23.1 Å². The first-order chi connectivity index (χ1) is 7.18. The molecule has 0 radical (unpaired) electrons. The highest BCUT2D eigenvalue weighted by atomic mass is 19.3. The molecule has 0 fully saturated rings. The predicted molar refractivity (Wildman–Crippen MR) is 46.3 cm³/mol. The number of alkyl halides is 2. The van der Waals surface area contributed by atoms with E-state index in [4.69, 9.17) is 0 Å². The van der Waals surface area contributed by atoms with Crippen LogP contribution in [0, 0.1) is 5.82 Å². The molecule has 2 aromatic rings. The Bertz CT molecular complexity index is 454. The molecule has 6 heteroatoms. The second kappa shape index (κ2) is 3.72. The number of benzene rings is 1. The summed E-state index contributed by atoms with van der Waals surface area (Å²) >= 11 is 0. The van der Waals surface area contributed by atoms with E-state index in [2.05, 4.69) is 10.3 Å². The van der Waals surface area contributed by atoms with Crippen molar-refractivity contribution in [2.24, 2.45) is 0 Å². The van der Waals surface area contributed by atoms with Gasteiger partial charge in [-0.25, -0.2) is 17.9 Å². The van der Waals surface area contributed by atoms with Gasteiger partial charge in [0.15, 0.2) is 0 Å². The molecule has 0 N–H and O–H groups in total. The first-order valence-electron chi connectivity index (χ1n) is 4.13. The van der Waals surface area contributed by atoms with Crippen LogP contribution in [0.25, 0.3) is 5.69 Å². The van der Waals surface area contributed by atoms with Crippen LogP contribution >= 0.6 is 0 Å². The van der Waals surface area contributed by atoms with E-state index in [1.54, 1.807) is 0 Å². The number of rotatable bonds is 2. The Kier molecular flexibility index (Phi) is 2.40. The molecule has 15 heavy (non-hydrogen) atoms. The van der Waals surface area contributed by atoms with E-state index in [0.717, 1.165) is 12.1 Å². The largest absolute Gasteiger partial charge is 0.266 e. The van der Waals surface area contributed by atoms with Crippen LogP contribution < -0.4 is 0 Å². The Morgan fingerprint density at radius 1 is 1.27 bits per heavy atom. The summed E-state index contributed by atoms with van der Waals surface area (Å²) < 4.78 is 38.9. The van der Waals surface area contributed by atoms with Gasteiger partial charge in [-0.1, -0.05) is 5.21 Å². The van der Waals surface area contributed by atoms with Gasteiger partial charge >= 0.3 is 0 Å². The molecular formula is C9H6F3N3. The smallest absolute Gasteiger partial charge is 0.221 e. The van der Waals surface area contributed by atoms with Crippen molar-refractivity contribution in [1.29, 1.82) is 0 Å². The van der Waals surface area contributed by atoms with Gasteiger partial charge in [-0.2, -0.15) is 0 Å². The van der Waals surface area contributed by atoms with Crippen LogP contribution in [0.3, 0.4) is 0 Å². The number of hydrogen-bond acceptors (Lipinski definition) is 2. The average molecular weight is 213 g/mol. The van der Waals surface area contributed by atoms with Crippen LogP contribution in [0.15, 0.2) is 30.6 Å². The maximum Gasteiger partial charge on any atom is 0.266 e. The summed E-state index contributed by atoms with van der Waals surface area (Å²) in [6, 6.07) is 3.39. The molecule has 1 aromatic heterocycles. The van der Waals surface area contributed by atoms with Gasteiger partial charge in [0, 0.05) is 0 Å². The molecule has 1 heterocycles. The second-order valence-electron chi connectivity index (χ2n) is 2.85. The minimum atomic E-state index is -2.84. The molecule has 78 valence electrons. The topological polar surface area (TPSA) is 30.7 Å². The Hall–Kier alpha value is -1.85. The number of aromatic nitrogens is 3. The first-order valence-corrected chi connectivity index (χ1v) is 4.13. The zero-order valence-electron chi connectivity index (χ0n) is 7.44. The molecule has 0 amide bonds. The Morgan fingerprint density at radius 2 is 2.07 bits per heavy atom. The fraction of sp³-hybridized carbons (Fsp3) is 0.111. The van der Waals surface area contributed by atoms with Crippen LogP contribution in [-0.4, -0.2) is 15.0 Å². The van der Waals surface area contributed by atoms with Crippen molar-refractivity contribution in [3.63, 3.8) is 0 Å². The number of halogens is 3. The second-order valence-corrected chi connectivity index (χ2v) is 2.85. The van der Waals surface area contributed by atoms with E-state index in [1.807, 2.05) is 0 Å². The summed E-state index contributed by atoms with van der Waals surface area (Å²) in [5, 5.41) is 7.14. The normalized spacial score (nSPS) is 10.9. The third-order valence-electron chi connectivity index (χ3n) is 1.90. The molecule has 0 saturated carbocycles. The minimum Gasteiger partial charge on any atom is -0.221 e. The third kappa shape index (κ3) is 1.83. The molecule has 0 unspecified atom stereocenters. The molecular weight excluding hydrogens is 207 g/mol. The Balaban J connectivity index is 2.48. The van der Waals surface area contributed by atoms with Gasteiger partial charge in [-0.15, -0.1) is 5.10 Å². The van der Waals surface area contributed by atoms with Gasteiger partial charge in [0.25, 0.3) is 6.43 Å². The van der Waals surface area contributed by atoms with E-state index in [0.29, 0.717) is 5.69 Å². The van der Waals surface area contributed by atoms with Gasteiger partial charge in [0.05, 0.1) is 23.6 Å². The van der Waals surface area contributed by atoms with Gasteiger partial charge in [-0.3, -0.25) is 0 Å². The van der Waals surface area contributed by atoms with Gasteiger partial charge in [0.2, 0.25) is 0 Å². The lowest BCUT2D eigenvalue weighted by molar-refractivity contribution is 0.146. The highest BCUT2D eigenvalue weighted by Crippen LogP contribution is 2.24. The summed E-state index contributed by atoms with van der Waals surface area (Å²) in [5.74, 6) is -0.922. The van der Waals surface area contributed by atoms with Crippen LogP contribution in [0.5, 0.6) is 0 Å². The number of nitrogens with zero attached hydrogens (tertiary/aromatic N) is 3. The van der Waals surface area contributed by atoms with Gasteiger partial charge in [0.1, 0.15) is 5.82 Å². The van der Waals surface area contributed by atoms with Crippen molar-refractivity contribution in [3.8, 4) is 5.69 Å². The monoisotopic (exact) mass is 213 g/mol. The van der Waals surface area contributed by atoms with E-state index >= 15 is 0 Å². The number of hydrogen-bond donors (Lipinski definition) is 0. The fourth-order valence-corrected chi connectivity index (χ4v) is 1.19. The predicted octanol–water partition coefficient (Wildman–Crippen LogP) is 2.34. The fourth-order valence-electron chi connectivity index (χ4n) is 1.19. The van der Waals surface area contributed by atoms with E-state index in [-0.39, 0.29) is 0 Å². The molecule has 0 atom stereocenters. The molecule has 3 nitrogen and oxygen atoms in total. The van der Waals surface area contributed by atoms with Crippen molar-refractivity contribution in [1.82, 2.24) is 15.0 Å². The molecule has 2 rings (SSSR count). The summed E-state index contributed by atoms with van der Waals surface area (Å²) in [4.78, 5) is 0. The molecule has 1 aromatic carbocycles. The van der Waals surface area contributed by atoms with Gasteiger partial charge in [-0.05, 0) is 18.2 Å². The molecule has 0 aliphatic heterocycles. The molecule has 0 saturated heterocycles. The van der Waals surface area contributed by atoms with Crippen molar-refractivity contribution in [2.75, 3.05) is 0 Å². The molecule has 0 aliphatic rings. The summed E-state index contributed by atoms with van der Waals surface area (Å²) in [6.07, 6.45) is 0.0573. The van der Waals surface area contributed by atoms with Crippen molar-refractivity contribution >= 4 is 0 Å². The lowest BCUT2D eigenvalue weighted by Crippen LogP contribution is -1.98. The highest BCUT2D eigenvalue weighted by molar-refractivity contribution is 5.36. The van der Waals surface area contributed by atoms with Crippen molar-refractivity contribution < 1.29 is 13.2 Å². The minimum absolute atomic E-state index is 0.351. The average Bonchev–Trinajstić information content (AvgIpc) is 2.71. The molecule has 0 bridgehead atoms. The maximum absolute atomic E-state index is 12.9. The van der Waals surface area contributed by atoms with Crippen LogP contribution in [0.4, 0.5) is 13.2 Å². The van der Waals surface area contributed by atoms with Crippen molar-refractivity contribution in [2.45, 2.75) is 6.43 Å². The van der Waals surface area contributed by atoms with Crippen molar-refractivity contribution in [3.05, 3.63) is 42.0 Å². The molecule has 0 spiro atoms. The van der Waals surface area contributed by atoms with Crippen LogP contribution in [0.1, 0.15) is 12.0 Å². The summed E-state index contributed by atoms with van der Waals surface area (Å²) in [7, 11) is 0. The standard InChI is InChI=1S/C9H6F3N3/c10-8-2-1-6(5-7(8)9(11)12)15-4-3-13-14-15/h1-5,9H. The lowest BCUT2D eigenvalue weighted by Gasteiger charge is -2.05. The zero-order chi connectivity index (χ0) is 10.8.